The summed E-state index contributed by atoms with van der Waals surface area (Å²) in [5.41, 5.74) is -0.314. The molecule has 0 fully saturated rings. The maximum atomic E-state index is 11.9. The first-order valence-electron chi connectivity index (χ1n) is 5.40. The SMILES string of the molecule is CC1(C)OC(c2ccc(S(N)(=O)=O)cc2)=C(Br)C1=O. The Hall–Kier alpha value is -1.18. The van der Waals surface area contributed by atoms with E-state index in [2.05, 4.69) is 15.9 Å². The van der Waals surface area contributed by atoms with Crippen LogP contribution in [0.5, 0.6) is 0 Å². The summed E-state index contributed by atoms with van der Waals surface area (Å²) in [5.74, 6) is 0.244. The maximum Gasteiger partial charge on any atom is 0.238 e. The lowest BCUT2D eigenvalue weighted by Gasteiger charge is -2.17. The molecule has 0 saturated carbocycles. The third-order valence-electron chi connectivity index (χ3n) is 2.75. The number of Topliss-reactive ketones (excluding diaryl/α,β-unsaturated/α-hetero) is 1. The second-order valence-electron chi connectivity index (χ2n) is 4.65. The van der Waals surface area contributed by atoms with Crippen molar-refractivity contribution < 1.29 is 17.9 Å². The van der Waals surface area contributed by atoms with E-state index in [0.29, 0.717) is 15.8 Å². The van der Waals surface area contributed by atoms with Gasteiger partial charge in [-0.05, 0) is 54.0 Å². The van der Waals surface area contributed by atoms with Crippen LogP contribution in [0.2, 0.25) is 0 Å². The number of primary sulfonamides is 1. The molecule has 0 bridgehead atoms. The number of rotatable bonds is 2. The lowest BCUT2D eigenvalue weighted by Crippen LogP contribution is -2.28. The van der Waals surface area contributed by atoms with E-state index in [1.807, 2.05) is 0 Å². The van der Waals surface area contributed by atoms with Gasteiger partial charge in [-0.25, -0.2) is 13.6 Å². The van der Waals surface area contributed by atoms with Crippen molar-refractivity contribution >= 4 is 37.5 Å². The van der Waals surface area contributed by atoms with Crippen molar-refractivity contribution in [2.75, 3.05) is 0 Å². The molecule has 2 rings (SSSR count). The Bertz CT molecular complexity index is 674. The fraction of sp³-hybridized carbons (Fsp3) is 0.250. The number of sulfonamides is 1. The number of nitrogens with two attached hydrogens (primary N) is 1. The third-order valence-corrected chi connectivity index (χ3v) is 4.40. The van der Waals surface area contributed by atoms with Crippen molar-refractivity contribution in [3.63, 3.8) is 0 Å². The molecule has 0 unspecified atom stereocenters. The van der Waals surface area contributed by atoms with Gasteiger partial charge in [0.05, 0.1) is 4.90 Å². The van der Waals surface area contributed by atoms with E-state index in [1.165, 1.54) is 12.1 Å². The predicted octanol–water partition coefficient (Wildman–Crippen LogP) is 1.78. The Kier molecular flexibility index (Phi) is 3.32. The summed E-state index contributed by atoms with van der Waals surface area (Å²) in [6, 6.07) is 5.84. The first-order chi connectivity index (χ1) is 8.63. The lowest BCUT2D eigenvalue weighted by molar-refractivity contribution is -0.125. The lowest BCUT2D eigenvalue weighted by atomic mass is 10.1. The molecule has 0 spiro atoms. The van der Waals surface area contributed by atoms with Gasteiger partial charge < -0.3 is 4.74 Å². The summed E-state index contributed by atoms with van der Waals surface area (Å²) in [5, 5.41) is 5.02. The second kappa shape index (κ2) is 4.43. The highest BCUT2D eigenvalue weighted by Crippen LogP contribution is 2.39. The highest BCUT2D eigenvalue weighted by atomic mass is 79.9. The molecule has 1 heterocycles. The van der Waals surface area contributed by atoms with Crippen LogP contribution in [-0.4, -0.2) is 19.8 Å². The molecular formula is C12H12BrNO4S. The van der Waals surface area contributed by atoms with Crippen LogP contribution in [0.15, 0.2) is 33.6 Å². The molecule has 1 aliphatic heterocycles. The summed E-state index contributed by atoms with van der Waals surface area (Å²) in [6.07, 6.45) is 0. The fourth-order valence-corrected chi connectivity index (χ4v) is 3.00. The molecule has 0 radical (unpaired) electrons. The average molecular weight is 346 g/mol. The van der Waals surface area contributed by atoms with Crippen LogP contribution < -0.4 is 5.14 Å². The number of hydrogen-bond donors (Lipinski definition) is 1. The van der Waals surface area contributed by atoms with Gasteiger partial charge in [0, 0.05) is 5.56 Å². The zero-order valence-electron chi connectivity index (χ0n) is 10.3. The minimum absolute atomic E-state index is 0.0107. The van der Waals surface area contributed by atoms with Crippen LogP contribution in [0.25, 0.3) is 5.76 Å². The van der Waals surface area contributed by atoms with Crippen molar-refractivity contribution in [1.29, 1.82) is 0 Å². The number of carbonyl (C=O) groups excluding carboxylic acids is 1. The van der Waals surface area contributed by atoms with Gasteiger partial charge in [0.15, 0.2) is 5.60 Å². The van der Waals surface area contributed by atoms with Crippen LogP contribution in [0.4, 0.5) is 0 Å². The summed E-state index contributed by atoms with van der Waals surface area (Å²) < 4.78 is 28.2. The molecule has 5 nitrogen and oxygen atoms in total. The van der Waals surface area contributed by atoms with Crippen LogP contribution in [0, 0.1) is 0 Å². The molecule has 0 saturated heterocycles. The number of hydrogen-bond acceptors (Lipinski definition) is 4. The van der Waals surface area contributed by atoms with Gasteiger partial charge in [-0.2, -0.15) is 0 Å². The highest BCUT2D eigenvalue weighted by Gasteiger charge is 2.41. The van der Waals surface area contributed by atoms with Gasteiger partial charge in [-0.3, -0.25) is 4.79 Å². The minimum Gasteiger partial charge on any atom is -0.478 e. The smallest absolute Gasteiger partial charge is 0.238 e. The molecule has 2 N–H and O–H groups in total. The largest absolute Gasteiger partial charge is 0.478 e. The number of halogens is 1. The molecule has 102 valence electrons. The van der Waals surface area contributed by atoms with E-state index in [-0.39, 0.29) is 10.7 Å². The minimum atomic E-state index is -3.73. The van der Waals surface area contributed by atoms with Gasteiger partial charge in [0.2, 0.25) is 15.8 Å². The van der Waals surface area contributed by atoms with Gasteiger partial charge in [-0.15, -0.1) is 0 Å². The van der Waals surface area contributed by atoms with E-state index in [4.69, 9.17) is 9.88 Å². The van der Waals surface area contributed by atoms with E-state index < -0.39 is 15.6 Å². The molecular weight excluding hydrogens is 334 g/mol. The van der Waals surface area contributed by atoms with Gasteiger partial charge in [-0.1, -0.05) is 0 Å². The van der Waals surface area contributed by atoms with Crippen molar-refractivity contribution in [1.82, 2.24) is 0 Å². The molecule has 1 aromatic carbocycles. The predicted molar refractivity (Wildman–Crippen MR) is 73.8 cm³/mol. The van der Waals surface area contributed by atoms with Gasteiger partial charge in [0.1, 0.15) is 10.2 Å². The van der Waals surface area contributed by atoms with Crippen molar-refractivity contribution in [2.24, 2.45) is 5.14 Å². The van der Waals surface area contributed by atoms with Gasteiger partial charge >= 0.3 is 0 Å². The molecule has 0 aliphatic carbocycles. The van der Waals surface area contributed by atoms with Crippen LogP contribution >= 0.6 is 15.9 Å². The summed E-state index contributed by atoms with van der Waals surface area (Å²) >= 11 is 3.20. The molecule has 0 amide bonds. The van der Waals surface area contributed by atoms with Crippen LogP contribution in [-0.2, 0) is 19.6 Å². The second-order valence-corrected chi connectivity index (χ2v) is 7.01. The zero-order chi connectivity index (χ0) is 14.4. The molecule has 1 aliphatic rings. The van der Waals surface area contributed by atoms with Gasteiger partial charge in [0.25, 0.3) is 0 Å². The van der Waals surface area contributed by atoms with E-state index in [9.17, 15) is 13.2 Å². The topological polar surface area (TPSA) is 86.5 Å². The van der Waals surface area contributed by atoms with Crippen molar-refractivity contribution in [3.05, 3.63) is 34.3 Å². The van der Waals surface area contributed by atoms with E-state index in [1.54, 1.807) is 26.0 Å². The molecule has 1 aromatic rings. The monoisotopic (exact) mass is 345 g/mol. The average Bonchev–Trinajstić information content (AvgIpc) is 2.52. The molecule has 19 heavy (non-hydrogen) atoms. The number of carbonyl (C=O) groups is 1. The Morgan fingerprint density at radius 3 is 2.11 bits per heavy atom. The quantitative estimate of drug-likeness (QED) is 0.884. The number of ketones is 1. The fourth-order valence-electron chi connectivity index (χ4n) is 1.70. The maximum absolute atomic E-state index is 11.9. The normalized spacial score (nSPS) is 18.6. The Labute approximate surface area is 119 Å². The number of benzene rings is 1. The zero-order valence-corrected chi connectivity index (χ0v) is 12.7. The first kappa shape index (κ1) is 14.2. The van der Waals surface area contributed by atoms with Crippen molar-refractivity contribution in [3.8, 4) is 0 Å². The standard InChI is InChI=1S/C12H12BrNO4S/c1-12(2)11(15)9(13)10(18-12)7-3-5-8(6-4-7)19(14,16)17/h3-6H,1-2H3,(H2,14,16,17). The van der Waals surface area contributed by atoms with Crippen molar-refractivity contribution in [2.45, 2.75) is 24.3 Å². The summed E-state index contributed by atoms with van der Waals surface area (Å²) in [7, 11) is -3.73. The van der Waals surface area contributed by atoms with E-state index in [0.717, 1.165) is 0 Å². The van der Waals surface area contributed by atoms with E-state index >= 15 is 0 Å². The Morgan fingerprint density at radius 2 is 1.74 bits per heavy atom. The molecule has 7 heteroatoms. The summed E-state index contributed by atoms with van der Waals surface area (Å²) in [6.45, 7) is 3.34. The van der Waals surface area contributed by atoms with Crippen LogP contribution in [0.3, 0.4) is 0 Å². The highest BCUT2D eigenvalue weighted by molar-refractivity contribution is 9.12. The number of ether oxygens (including phenoxy) is 1. The van der Waals surface area contributed by atoms with Crippen LogP contribution in [0.1, 0.15) is 19.4 Å². The first-order valence-corrected chi connectivity index (χ1v) is 7.74. The Balaban J connectivity index is 2.43. The molecule has 0 atom stereocenters. The molecule has 0 aromatic heterocycles. The Morgan fingerprint density at radius 1 is 1.21 bits per heavy atom. The summed E-state index contributed by atoms with van der Waals surface area (Å²) in [4.78, 5) is 11.9. The third kappa shape index (κ3) is 2.58.